The standard InChI is InChI=1S/C14H24O2/c1-7-9-14(16,10-8-2)13(5,6)12(15)11(3)4/h7-8,11,16H,1-2,9-10H2,3-6H3. The Balaban J connectivity index is 5.24. The summed E-state index contributed by atoms with van der Waals surface area (Å²) in [5, 5.41) is 10.6. The number of hydrogen-bond donors (Lipinski definition) is 1. The van der Waals surface area contributed by atoms with Crippen LogP contribution in [-0.4, -0.2) is 16.5 Å². The summed E-state index contributed by atoms with van der Waals surface area (Å²) in [6, 6.07) is 0. The van der Waals surface area contributed by atoms with E-state index in [1.165, 1.54) is 0 Å². The van der Waals surface area contributed by atoms with Gasteiger partial charge in [0.2, 0.25) is 0 Å². The van der Waals surface area contributed by atoms with Gasteiger partial charge in [-0.3, -0.25) is 4.79 Å². The van der Waals surface area contributed by atoms with Gasteiger partial charge in [-0.25, -0.2) is 0 Å². The van der Waals surface area contributed by atoms with Gasteiger partial charge in [0.15, 0.2) is 0 Å². The molecule has 1 N–H and O–H groups in total. The van der Waals surface area contributed by atoms with Crippen LogP contribution in [-0.2, 0) is 4.79 Å². The molecule has 0 spiro atoms. The monoisotopic (exact) mass is 224 g/mol. The van der Waals surface area contributed by atoms with Crippen LogP contribution in [0.15, 0.2) is 25.3 Å². The lowest BCUT2D eigenvalue weighted by Crippen LogP contribution is -2.50. The Kier molecular flexibility index (Phi) is 5.14. The van der Waals surface area contributed by atoms with Crippen molar-refractivity contribution in [3.63, 3.8) is 0 Å². The Bertz CT molecular complexity index is 264. The summed E-state index contributed by atoms with van der Waals surface area (Å²) in [5.74, 6) is -0.0187. The zero-order chi connectivity index (χ0) is 13.0. The molecule has 0 aromatic carbocycles. The summed E-state index contributed by atoms with van der Waals surface area (Å²) in [6.07, 6.45) is 4.09. The van der Waals surface area contributed by atoms with Crippen LogP contribution in [0, 0.1) is 11.3 Å². The van der Waals surface area contributed by atoms with Crippen molar-refractivity contribution in [3.8, 4) is 0 Å². The largest absolute Gasteiger partial charge is 0.388 e. The smallest absolute Gasteiger partial charge is 0.143 e. The molecule has 16 heavy (non-hydrogen) atoms. The minimum atomic E-state index is -1.09. The van der Waals surface area contributed by atoms with E-state index < -0.39 is 11.0 Å². The van der Waals surface area contributed by atoms with Gasteiger partial charge >= 0.3 is 0 Å². The van der Waals surface area contributed by atoms with Gasteiger partial charge in [0.1, 0.15) is 5.78 Å². The number of Topliss-reactive ketones (excluding diaryl/α,β-unsaturated/α-hetero) is 1. The fraction of sp³-hybridized carbons (Fsp3) is 0.643. The number of carbonyl (C=O) groups is 1. The molecule has 92 valence electrons. The topological polar surface area (TPSA) is 37.3 Å². The highest BCUT2D eigenvalue weighted by Gasteiger charge is 2.47. The van der Waals surface area contributed by atoms with Crippen molar-refractivity contribution in [1.29, 1.82) is 0 Å². The van der Waals surface area contributed by atoms with Gasteiger partial charge in [-0.15, -0.1) is 13.2 Å². The molecule has 0 aliphatic rings. The molecule has 0 saturated heterocycles. The van der Waals surface area contributed by atoms with Crippen molar-refractivity contribution in [1.82, 2.24) is 0 Å². The molecule has 0 aliphatic heterocycles. The minimum absolute atomic E-state index is 0.0682. The van der Waals surface area contributed by atoms with E-state index in [9.17, 15) is 9.90 Å². The van der Waals surface area contributed by atoms with E-state index in [-0.39, 0.29) is 11.7 Å². The molecule has 0 heterocycles. The van der Waals surface area contributed by atoms with E-state index in [1.54, 1.807) is 26.0 Å². The Morgan fingerprint density at radius 1 is 1.25 bits per heavy atom. The van der Waals surface area contributed by atoms with Crippen LogP contribution < -0.4 is 0 Å². The lowest BCUT2D eigenvalue weighted by Gasteiger charge is -2.41. The molecule has 0 aromatic rings. The molecular weight excluding hydrogens is 200 g/mol. The maximum absolute atomic E-state index is 12.1. The molecule has 2 heteroatoms. The van der Waals surface area contributed by atoms with Gasteiger partial charge in [-0.2, -0.15) is 0 Å². The lowest BCUT2D eigenvalue weighted by molar-refractivity contribution is -0.146. The van der Waals surface area contributed by atoms with E-state index in [2.05, 4.69) is 13.2 Å². The molecule has 0 atom stereocenters. The molecule has 0 rings (SSSR count). The average Bonchev–Trinajstić information content (AvgIpc) is 2.16. The number of ketones is 1. The molecule has 0 saturated carbocycles. The maximum Gasteiger partial charge on any atom is 0.143 e. The highest BCUT2D eigenvalue weighted by Crippen LogP contribution is 2.39. The predicted octanol–water partition coefficient (Wildman–Crippen LogP) is 3.12. The van der Waals surface area contributed by atoms with Gasteiger partial charge in [-0.1, -0.05) is 39.8 Å². The first-order chi connectivity index (χ1) is 7.23. The summed E-state index contributed by atoms with van der Waals surface area (Å²) in [6.45, 7) is 14.6. The molecule has 0 radical (unpaired) electrons. The van der Waals surface area contributed by atoms with E-state index in [4.69, 9.17) is 0 Å². The Labute approximate surface area is 99.1 Å². The lowest BCUT2D eigenvalue weighted by atomic mass is 9.66. The summed E-state index contributed by atoms with van der Waals surface area (Å²) < 4.78 is 0. The van der Waals surface area contributed by atoms with Gasteiger partial charge in [0.25, 0.3) is 0 Å². The summed E-state index contributed by atoms with van der Waals surface area (Å²) in [7, 11) is 0. The maximum atomic E-state index is 12.1. The molecule has 0 unspecified atom stereocenters. The predicted molar refractivity (Wildman–Crippen MR) is 68.2 cm³/mol. The zero-order valence-electron chi connectivity index (χ0n) is 10.9. The third-order valence-corrected chi connectivity index (χ3v) is 3.27. The summed E-state index contributed by atoms with van der Waals surface area (Å²) >= 11 is 0. The Morgan fingerprint density at radius 3 is 1.88 bits per heavy atom. The van der Waals surface area contributed by atoms with Crippen LogP contribution in [0.1, 0.15) is 40.5 Å². The summed E-state index contributed by atoms with van der Waals surface area (Å²) in [4.78, 5) is 12.1. The Morgan fingerprint density at radius 2 is 1.62 bits per heavy atom. The third-order valence-electron chi connectivity index (χ3n) is 3.27. The summed E-state index contributed by atoms with van der Waals surface area (Å²) in [5.41, 5.74) is -1.87. The number of rotatable bonds is 7. The van der Waals surface area contributed by atoms with Crippen LogP contribution in [0.25, 0.3) is 0 Å². The molecule has 0 aliphatic carbocycles. The van der Waals surface area contributed by atoms with Crippen molar-refractivity contribution in [2.24, 2.45) is 11.3 Å². The first kappa shape index (κ1) is 15.1. The number of hydrogen-bond acceptors (Lipinski definition) is 2. The van der Waals surface area contributed by atoms with Crippen molar-refractivity contribution in [2.45, 2.75) is 46.1 Å². The SMILES string of the molecule is C=CCC(O)(CC=C)C(C)(C)C(=O)C(C)C. The van der Waals surface area contributed by atoms with Crippen LogP contribution in [0.4, 0.5) is 0 Å². The van der Waals surface area contributed by atoms with E-state index in [0.717, 1.165) is 0 Å². The molecule has 0 aromatic heterocycles. The average molecular weight is 224 g/mol. The second-order valence-corrected chi connectivity index (χ2v) is 5.16. The fourth-order valence-electron chi connectivity index (χ4n) is 2.02. The van der Waals surface area contributed by atoms with Gasteiger partial charge < -0.3 is 5.11 Å². The van der Waals surface area contributed by atoms with Crippen LogP contribution in [0.2, 0.25) is 0 Å². The van der Waals surface area contributed by atoms with Crippen molar-refractivity contribution < 1.29 is 9.90 Å². The van der Waals surface area contributed by atoms with Gasteiger partial charge in [-0.05, 0) is 12.8 Å². The first-order valence-corrected chi connectivity index (χ1v) is 5.71. The number of aliphatic hydroxyl groups is 1. The normalized spacial score (nSPS) is 12.6. The highest BCUT2D eigenvalue weighted by molar-refractivity contribution is 5.87. The van der Waals surface area contributed by atoms with E-state index >= 15 is 0 Å². The van der Waals surface area contributed by atoms with Gasteiger partial charge in [0, 0.05) is 5.92 Å². The van der Waals surface area contributed by atoms with Crippen molar-refractivity contribution >= 4 is 5.78 Å². The third kappa shape index (κ3) is 2.82. The molecule has 0 amide bonds. The highest BCUT2D eigenvalue weighted by atomic mass is 16.3. The first-order valence-electron chi connectivity index (χ1n) is 5.71. The van der Waals surface area contributed by atoms with E-state index in [0.29, 0.717) is 12.8 Å². The second kappa shape index (κ2) is 5.44. The van der Waals surface area contributed by atoms with Crippen LogP contribution in [0.3, 0.4) is 0 Å². The van der Waals surface area contributed by atoms with E-state index in [1.807, 2.05) is 13.8 Å². The van der Waals surface area contributed by atoms with Crippen LogP contribution in [0.5, 0.6) is 0 Å². The zero-order valence-corrected chi connectivity index (χ0v) is 10.9. The molecule has 2 nitrogen and oxygen atoms in total. The van der Waals surface area contributed by atoms with Gasteiger partial charge in [0.05, 0.1) is 11.0 Å². The second-order valence-electron chi connectivity index (χ2n) is 5.16. The van der Waals surface area contributed by atoms with Crippen molar-refractivity contribution in [2.75, 3.05) is 0 Å². The van der Waals surface area contributed by atoms with Crippen LogP contribution >= 0.6 is 0 Å². The Hall–Kier alpha value is -0.890. The molecular formula is C14H24O2. The minimum Gasteiger partial charge on any atom is -0.388 e. The van der Waals surface area contributed by atoms with Crippen molar-refractivity contribution in [3.05, 3.63) is 25.3 Å². The number of carbonyl (C=O) groups excluding carboxylic acids is 1. The quantitative estimate of drug-likeness (QED) is 0.675. The fourth-order valence-corrected chi connectivity index (χ4v) is 2.02. The molecule has 0 bridgehead atoms. The molecule has 0 fully saturated rings.